The van der Waals surface area contributed by atoms with Gasteiger partial charge in [-0.2, -0.15) is 0 Å². The average Bonchev–Trinajstić information content (AvgIpc) is 2.28. The summed E-state index contributed by atoms with van der Waals surface area (Å²) in [5, 5.41) is 22.7. The lowest BCUT2D eigenvalue weighted by Gasteiger charge is -1.98. The van der Waals surface area contributed by atoms with Crippen LogP contribution in [0, 0.1) is 27.8 Å². The van der Waals surface area contributed by atoms with E-state index in [1.165, 1.54) is 0 Å². The maximum Gasteiger partial charge on any atom is 0.315 e. The van der Waals surface area contributed by atoms with Crippen molar-refractivity contribution >= 4 is 5.69 Å². The van der Waals surface area contributed by atoms with Crippen LogP contribution in [0.3, 0.4) is 0 Å². The first-order valence-corrected chi connectivity index (χ1v) is 4.23. The van der Waals surface area contributed by atoms with Gasteiger partial charge in [0.2, 0.25) is 5.75 Å². The Balaban J connectivity index is 3.13. The molecule has 0 bridgehead atoms. The molecule has 17 heavy (non-hydrogen) atoms. The molecule has 8 heteroatoms. The molecule has 1 rings (SSSR count). The van der Waals surface area contributed by atoms with Crippen LogP contribution in [0.1, 0.15) is 5.56 Å². The molecule has 0 amide bonds. The second-order valence-electron chi connectivity index (χ2n) is 2.77. The molecule has 1 aromatic rings. The predicted molar refractivity (Wildman–Crippen MR) is 55.6 cm³/mol. The van der Waals surface area contributed by atoms with E-state index < -0.39 is 22.2 Å². The first-order valence-electron chi connectivity index (χ1n) is 4.23. The van der Waals surface area contributed by atoms with Gasteiger partial charge in [0.25, 0.3) is 0 Å². The summed E-state index contributed by atoms with van der Waals surface area (Å²) in [5.41, 5.74) is 7.22. The van der Waals surface area contributed by atoms with Crippen molar-refractivity contribution in [3.05, 3.63) is 44.1 Å². The molecule has 0 saturated carbocycles. The van der Waals surface area contributed by atoms with Crippen molar-refractivity contribution in [3.63, 3.8) is 0 Å². The third-order valence-electron chi connectivity index (χ3n) is 1.69. The van der Waals surface area contributed by atoms with Crippen molar-refractivity contribution in [1.82, 2.24) is 0 Å². The second kappa shape index (κ2) is 5.34. The summed E-state index contributed by atoms with van der Waals surface area (Å²) in [6.45, 7) is -0.132. The predicted octanol–water partition coefficient (Wildman–Crippen LogP) is 2.10. The second-order valence-corrected chi connectivity index (χ2v) is 2.77. The van der Waals surface area contributed by atoms with Crippen molar-refractivity contribution in [1.29, 1.82) is 0 Å². The number of phenolic OH excluding ortho intramolecular Hbond substituents is 1. The normalized spacial score (nSPS) is 8.76. The molecule has 7 nitrogen and oxygen atoms in total. The molecule has 0 aliphatic rings. The molecule has 0 fully saturated rings. The van der Waals surface area contributed by atoms with E-state index in [1.807, 2.05) is 0 Å². The van der Waals surface area contributed by atoms with E-state index in [0.29, 0.717) is 0 Å². The van der Waals surface area contributed by atoms with E-state index in [0.717, 1.165) is 12.1 Å². The summed E-state index contributed by atoms with van der Waals surface area (Å²) >= 11 is 0. The van der Waals surface area contributed by atoms with Gasteiger partial charge in [-0.15, -0.1) is 0 Å². The Morgan fingerprint density at radius 2 is 2.35 bits per heavy atom. The highest BCUT2D eigenvalue weighted by molar-refractivity contribution is 5.53. The van der Waals surface area contributed by atoms with Crippen molar-refractivity contribution in [2.75, 3.05) is 6.54 Å². The molecule has 1 N–H and O–H groups in total. The Hall–Kier alpha value is -2.78. The number of nitrogens with zero attached hydrogens (tertiary/aromatic N) is 4. The lowest BCUT2D eigenvalue weighted by Crippen LogP contribution is -1.92. The number of nitro benzene ring substituents is 1. The van der Waals surface area contributed by atoms with E-state index in [4.69, 9.17) is 10.6 Å². The minimum atomic E-state index is -1.13. The highest BCUT2D eigenvalue weighted by atomic mass is 19.1. The molecule has 0 saturated heterocycles. The summed E-state index contributed by atoms with van der Waals surface area (Å²) in [4.78, 5) is 12.0. The fourth-order valence-electron chi connectivity index (χ4n) is 1.00. The first kappa shape index (κ1) is 12.3. The Kier molecular flexibility index (Phi) is 3.86. The number of azide groups is 1. The van der Waals surface area contributed by atoms with Gasteiger partial charge < -0.3 is 5.11 Å². The number of nitro groups is 1. The van der Waals surface area contributed by atoms with E-state index >= 15 is 0 Å². The number of hydrogen-bond acceptors (Lipinski definition) is 4. The summed E-state index contributed by atoms with van der Waals surface area (Å²) in [6.07, 6.45) is 0. The number of hydrogen-bond donors (Lipinski definition) is 1. The lowest BCUT2D eigenvalue weighted by atomic mass is 10.2. The standard InChI is InChI=1S/C9H5FN4O3/c10-7-4-6(2-1-3-12-13-11)5-8(9(7)15)14(16)17/h4-5,15H,3H2. The van der Waals surface area contributed by atoms with Crippen LogP contribution in [-0.4, -0.2) is 16.6 Å². The van der Waals surface area contributed by atoms with Crippen LogP contribution >= 0.6 is 0 Å². The molecule has 0 aromatic heterocycles. The number of halogens is 1. The smallest absolute Gasteiger partial charge is 0.315 e. The zero-order chi connectivity index (χ0) is 12.8. The maximum absolute atomic E-state index is 13.1. The molecule has 86 valence electrons. The lowest BCUT2D eigenvalue weighted by molar-refractivity contribution is -0.386. The molecule has 0 heterocycles. The third kappa shape index (κ3) is 3.09. The van der Waals surface area contributed by atoms with E-state index in [-0.39, 0.29) is 12.1 Å². The van der Waals surface area contributed by atoms with Gasteiger partial charge in [-0.05, 0) is 11.6 Å². The van der Waals surface area contributed by atoms with Gasteiger partial charge in [0.05, 0.1) is 11.5 Å². The quantitative estimate of drug-likeness (QED) is 0.212. The molecule has 0 radical (unpaired) electrons. The highest BCUT2D eigenvalue weighted by Crippen LogP contribution is 2.29. The molecule has 1 aromatic carbocycles. The van der Waals surface area contributed by atoms with Crippen molar-refractivity contribution in [2.45, 2.75) is 0 Å². The van der Waals surface area contributed by atoms with Crippen LogP contribution < -0.4 is 0 Å². The number of rotatable bonds is 2. The Morgan fingerprint density at radius 3 is 2.94 bits per heavy atom. The van der Waals surface area contributed by atoms with E-state index in [2.05, 4.69) is 21.9 Å². The molecule has 0 aliphatic carbocycles. The van der Waals surface area contributed by atoms with Crippen LogP contribution in [0.25, 0.3) is 10.4 Å². The monoisotopic (exact) mass is 236 g/mol. The van der Waals surface area contributed by atoms with Gasteiger partial charge in [0, 0.05) is 16.5 Å². The molecule has 0 unspecified atom stereocenters. The highest BCUT2D eigenvalue weighted by Gasteiger charge is 2.18. The van der Waals surface area contributed by atoms with Gasteiger partial charge in [-0.3, -0.25) is 10.1 Å². The molecular formula is C9H5FN4O3. The largest absolute Gasteiger partial charge is 0.500 e. The average molecular weight is 236 g/mol. The van der Waals surface area contributed by atoms with Crippen LogP contribution in [-0.2, 0) is 0 Å². The Labute approximate surface area is 94.3 Å². The molecular weight excluding hydrogens is 231 g/mol. The zero-order valence-corrected chi connectivity index (χ0v) is 8.29. The van der Waals surface area contributed by atoms with Gasteiger partial charge in [-0.1, -0.05) is 17.0 Å². The van der Waals surface area contributed by atoms with Crippen LogP contribution in [0.15, 0.2) is 17.2 Å². The summed E-state index contributed by atoms with van der Waals surface area (Å²) < 4.78 is 13.1. The number of phenols is 1. The van der Waals surface area contributed by atoms with Crippen molar-refractivity contribution in [3.8, 4) is 17.6 Å². The number of benzene rings is 1. The maximum atomic E-state index is 13.1. The fraction of sp³-hybridized carbons (Fsp3) is 0.111. The van der Waals surface area contributed by atoms with Gasteiger partial charge in [0.15, 0.2) is 5.82 Å². The molecule has 0 aliphatic heterocycles. The van der Waals surface area contributed by atoms with Crippen LogP contribution in [0.4, 0.5) is 10.1 Å². The Bertz CT molecular complexity index is 570. The van der Waals surface area contributed by atoms with E-state index in [1.54, 1.807) is 0 Å². The van der Waals surface area contributed by atoms with E-state index in [9.17, 15) is 14.5 Å². The minimum Gasteiger partial charge on any atom is -0.500 e. The fourth-order valence-corrected chi connectivity index (χ4v) is 1.00. The van der Waals surface area contributed by atoms with Gasteiger partial charge in [0.1, 0.15) is 0 Å². The first-order chi connectivity index (χ1) is 8.06. The van der Waals surface area contributed by atoms with Crippen molar-refractivity contribution in [2.24, 2.45) is 5.11 Å². The summed E-state index contributed by atoms with van der Waals surface area (Å²) in [6, 6.07) is 1.78. The third-order valence-corrected chi connectivity index (χ3v) is 1.69. The van der Waals surface area contributed by atoms with Crippen molar-refractivity contribution < 1.29 is 14.4 Å². The summed E-state index contributed by atoms with van der Waals surface area (Å²) in [7, 11) is 0. The SMILES string of the molecule is [N-]=[N+]=NCC#Cc1cc(F)c(O)c([N+](=O)[O-])c1. The van der Waals surface area contributed by atoms with Gasteiger partial charge in [-0.25, -0.2) is 4.39 Å². The van der Waals surface area contributed by atoms with Gasteiger partial charge >= 0.3 is 5.69 Å². The summed E-state index contributed by atoms with van der Waals surface area (Å²) in [5.74, 6) is 2.58. The van der Waals surface area contributed by atoms with Crippen LogP contribution in [0.5, 0.6) is 5.75 Å². The molecule has 0 spiro atoms. The number of aromatic hydroxyl groups is 1. The van der Waals surface area contributed by atoms with Crippen LogP contribution in [0.2, 0.25) is 0 Å². The topological polar surface area (TPSA) is 112 Å². The Morgan fingerprint density at radius 1 is 1.65 bits per heavy atom. The molecule has 0 atom stereocenters. The minimum absolute atomic E-state index is 0.0140. The zero-order valence-electron chi connectivity index (χ0n) is 8.29.